The van der Waals surface area contributed by atoms with Crippen LogP contribution in [0.5, 0.6) is 0 Å². The summed E-state index contributed by atoms with van der Waals surface area (Å²) in [4.78, 5) is 10.1. The summed E-state index contributed by atoms with van der Waals surface area (Å²) in [6.45, 7) is 5.86. The Morgan fingerprint density at radius 2 is 2.10 bits per heavy atom. The van der Waals surface area contributed by atoms with Crippen LogP contribution in [0.2, 0.25) is 0 Å². The van der Waals surface area contributed by atoms with Gasteiger partial charge in [-0.3, -0.25) is 0 Å². The third kappa shape index (κ3) is 2.12. The van der Waals surface area contributed by atoms with E-state index in [9.17, 15) is 5.26 Å². The molecule has 0 unspecified atom stereocenters. The molecule has 4 nitrogen and oxygen atoms in total. The number of benzene rings is 1. The van der Waals surface area contributed by atoms with Gasteiger partial charge >= 0.3 is 0 Å². The molecule has 0 bridgehead atoms. The zero-order valence-corrected chi connectivity index (χ0v) is 13.3. The maximum Gasteiger partial charge on any atom is 0.152 e. The van der Waals surface area contributed by atoms with E-state index in [1.165, 1.54) is 16.9 Å². The van der Waals surface area contributed by atoms with E-state index in [-0.39, 0.29) is 0 Å². The highest BCUT2D eigenvalue weighted by molar-refractivity contribution is 7.15. The summed E-state index contributed by atoms with van der Waals surface area (Å²) < 4.78 is 2.10. The van der Waals surface area contributed by atoms with Crippen LogP contribution in [0.1, 0.15) is 24.4 Å². The van der Waals surface area contributed by atoms with Crippen LogP contribution in [0.15, 0.2) is 24.4 Å². The van der Waals surface area contributed by atoms with Crippen LogP contribution in [-0.2, 0) is 12.5 Å². The number of fused-ring (bicyclic) bond motifs is 1. The minimum absolute atomic E-state index is 0.566. The van der Waals surface area contributed by atoms with Gasteiger partial charge in [-0.15, -0.1) is 11.3 Å². The number of hydrogen-bond acceptors (Lipinski definition) is 4. The Morgan fingerprint density at radius 3 is 2.76 bits per heavy atom. The Morgan fingerprint density at radius 1 is 1.33 bits per heavy atom. The fourth-order valence-corrected chi connectivity index (χ4v) is 3.39. The van der Waals surface area contributed by atoms with Crippen LogP contribution >= 0.6 is 11.3 Å². The number of nitriles is 1. The molecule has 21 heavy (non-hydrogen) atoms. The van der Waals surface area contributed by atoms with Crippen LogP contribution in [0.4, 0.5) is 0 Å². The van der Waals surface area contributed by atoms with Crippen molar-refractivity contribution in [2.24, 2.45) is 7.05 Å². The van der Waals surface area contributed by atoms with Gasteiger partial charge in [0.25, 0.3) is 0 Å². The smallest absolute Gasteiger partial charge is 0.152 e. The highest BCUT2D eigenvalue weighted by Gasteiger charge is 2.25. The first-order chi connectivity index (χ1) is 9.94. The van der Waals surface area contributed by atoms with E-state index in [4.69, 9.17) is 4.98 Å². The van der Waals surface area contributed by atoms with E-state index >= 15 is 0 Å². The highest BCUT2D eigenvalue weighted by atomic mass is 32.1. The molecule has 0 aliphatic rings. The number of imidazole rings is 1. The first-order valence-electron chi connectivity index (χ1n) is 6.74. The van der Waals surface area contributed by atoms with Crippen LogP contribution in [0.25, 0.3) is 21.7 Å². The lowest BCUT2D eigenvalue weighted by Crippen LogP contribution is -2.12. The summed E-state index contributed by atoms with van der Waals surface area (Å²) in [6, 6.07) is 8.42. The molecule has 0 N–H and O–H groups in total. The lowest BCUT2D eigenvalue weighted by atomic mass is 9.97. The number of para-hydroxylation sites is 1. The lowest BCUT2D eigenvalue weighted by molar-refractivity contribution is 0.680. The van der Waals surface area contributed by atoms with E-state index in [0.29, 0.717) is 0 Å². The van der Waals surface area contributed by atoms with Crippen molar-refractivity contribution in [2.45, 2.75) is 26.2 Å². The normalized spacial score (nSPS) is 11.8. The summed E-state index contributed by atoms with van der Waals surface area (Å²) in [5.41, 5.74) is 2.77. The van der Waals surface area contributed by atoms with Crippen LogP contribution < -0.4 is 0 Å². The van der Waals surface area contributed by atoms with Crippen molar-refractivity contribution in [2.75, 3.05) is 0 Å². The first kappa shape index (κ1) is 13.8. The molecule has 3 rings (SSSR count). The van der Waals surface area contributed by atoms with Gasteiger partial charge in [0.05, 0.1) is 22.0 Å². The molecule has 106 valence electrons. The number of thiazole rings is 1. The third-order valence-corrected chi connectivity index (χ3v) is 4.95. The highest BCUT2D eigenvalue weighted by Crippen LogP contribution is 2.33. The quantitative estimate of drug-likeness (QED) is 0.722. The average Bonchev–Trinajstić information content (AvgIpc) is 3.05. The zero-order valence-electron chi connectivity index (χ0n) is 12.5. The fraction of sp³-hybridized carbons (Fsp3) is 0.312. The topological polar surface area (TPSA) is 54.5 Å². The van der Waals surface area contributed by atoms with Gasteiger partial charge in [0.15, 0.2) is 5.82 Å². The molecule has 0 amide bonds. The average molecular weight is 296 g/mol. The summed E-state index contributed by atoms with van der Waals surface area (Å²) in [6.07, 6.45) is 1.82. The second kappa shape index (κ2) is 4.68. The van der Waals surface area contributed by atoms with Crippen LogP contribution in [0, 0.1) is 18.3 Å². The second-order valence-corrected chi connectivity index (χ2v) is 6.73. The van der Waals surface area contributed by atoms with Gasteiger partial charge in [-0.1, -0.05) is 12.1 Å². The van der Waals surface area contributed by atoms with Crippen molar-refractivity contribution in [1.82, 2.24) is 14.5 Å². The second-order valence-electron chi connectivity index (χ2n) is 5.70. The van der Waals surface area contributed by atoms with E-state index in [2.05, 4.69) is 28.6 Å². The van der Waals surface area contributed by atoms with E-state index in [0.717, 1.165) is 26.7 Å². The van der Waals surface area contributed by atoms with Crippen molar-refractivity contribution in [1.29, 1.82) is 5.26 Å². The van der Waals surface area contributed by atoms with E-state index < -0.39 is 5.41 Å². The third-order valence-electron chi connectivity index (χ3n) is 3.64. The molecule has 0 saturated heterocycles. The lowest BCUT2D eigenvalue weighted by Gasteiger charge is -2.09. The SMILES string of the molecule is Cc1cccc2nc(-c3cnc(C(C)(C)C#N)s3)n(C)c12. The first-order valence-corrected chi connectivity index (χ1v) is 7.55. The monoisotopic (exact) mass is 296 g/mol. The number of nitrogens with zero attached hydrogens (tertiary/aromatic N) is 4. The van der Waals surface area contributed by atoms with Crippen molar-refractivity contribution < 1.29 is 0 Å². The molecule has 0 spiro atoms. The fourth-order valence-electron chi connectivity index (χ4n) is 2.40. The summed E-state index contributed by atoms with van der Waals surface area (Å²) >= 11 is 1.54. The van der Waals surface area contributed by atoms with Gasteiger partial charge in [-0.2, -0.15) is 5.26 Å². The molecule has 0 saturated carbocycles. The van der Waals surface area contributed by atoms with E-state index in [1.54, 1.807) is 0 Å². The van der Waals surface area contributed by atoms with Crippen molar-refractivity contribution in [3.05, 3.63) is 35.0 Å². The number of aromatic nitrogens is 3. The molecule has 1 aromatic carbocycles. The maximum absolute atomic E-state index is 9.23. The molecular weight excluding hydrogens is 280 g/mol. The Labute approximate surface area is 127 Å². The molecule has 0 atom stereocenters. The summed E-state index contributed by atoms with van der Waals surface area (Å²) in [7, 11) is 2.02. The largest absolute Gasteiger partial charge is 0.326 e. The van der Waals surface area contributed by atoms with Crippen LogP contribution in [0.3, 0.4) is 0 Å². The van der Waals surface area contributed by atoms with Crippen molar-refractivity contribution in [3.8, 4) is 16.8 Å². The Hall–Kier alpha value is -2.19. The molecule has 2 aromatic heterocycles. The zero-order chi connectivity index (χ0) is 15.2. The Bertz CT molecular complexity index is 864. The van der Waals surface area contributed by atoms with Gasteiger partial charge in [0, 0.05) is 13.2 Å². The van der Waals surface area contributed by atoms with Gasteiger partial charge in [-0.25, -0.2) is 9.97 Å². The van der Waals surface area contributed by atoms with Crippen LogP contribution in [-0.4, -0.2) is 14.5 Å². The molecule has 0 aliphatic carbocycles. The molecule has 2 heterocycles. The minimum Gasteiger partial charge on any atom is -0.326 e. The molecule has 0 fully saturated rings. The Balaban J connectivity index is 2.16. The summed E-state index contributed by atoms with van der Waals surface area (Å²) in [5.74, 6) is 0.900. The number of rotatable bonds is 2. The molecule has 0 radical (unpaired) electrons. The van der Waals surface area contributed by atoms with Gasteiger partial charge in [0.1, 0.15) is 10.4 Å². The number of hydrogen-bond donors (Lipinski definition) is 0. The standard InChI is InChI=1S/C16H16N4S/c1-10-6-5-7-11-13(10)20(4)14(19-11)12-8-18-15(21-12)16(2,3)9-17/h5-8H,1-4H3. The van der Waals surface area contributed by atoms with Gasteiger partial charge < -0.3 is 4.57 Å². The van der Waals surface area contributed by atoms with Gasteiger partial charge in [-0.05, 0) is 32.4 Å². The molecular formula is C16H16N4S. The molecule has 0 aliphatic heterocycles. The van der Waals surface area contributed by atoms with Crippen molar-refractivity contribution in [3.63, 3.8) is 0 Å². The van der Waals surface area contributed by atoms with Crippen molar-refractivity contribution >= 4 is 22.4 Å². The predicted molar refractivity (Wildman–Crippen MR) is 85.2 cm³/mol. The Kier molecular flexibility index (Phi) is 3.07. The van der Waals surface area contributed by atoms with E-state index in [1.807, 2.05) is 39.2 Å². The molecule has 3 aromatic rings. The predicted octanol–water partition coefficient (Wildman–Crippen LogP) is 3.81. The maximum atomic E-state index is 9.23. The van der Waals surface area contributed by atoms with Gasteiger partial charge in [0.2, 0.25) is 0 Å². The number of aryl methyl sites for hydroxylation is 2. The molecule has 5 heteroatoms. The minimum atomic E-state index is -0.566. The summed E-state index contributed by atoms with van der Waals surface area (Å²) in [5, 5.41) is 10.1.